The number of unbranched alkanes of at least 4 members (excludes halogenated alkanes) is 5. The number of hydrogen-bond donors (Lipinski definition) is 3. The first-order chi connectivity index (χ1) is 25.4. The minimum absolute atomic E-state index is 0.0110. The molecule has 3 N–H and O–H groups in total. The lowest BCUT2D eigenvalue weighted by Crippen LogP contribution is -2.54. The summed E-state index contributed by atoms with van der Waals surface area (Å²) in [6, 6.07) is 5.13. The second kappa shape index (κ2) is 15.7. The molecule has 0 saturated carbocycles. The number of nitrogens with one attached hydrogen (secondary N) is 3. The Kier molecular flexibility index (Phi) is 11.1. The Morgan fingerprint density at radius 1 is 0.962 bits per heavy atom. The molecule has 280 valence electrons. The van der Waals surface area contributed by atoms with Gasteiger partial charge in [0.1, 0.15) is 17.5 Å². The molecule has 1 atom stereocenters. The number of fused-ring (bicyclic) bond motifs is 3. The van der Waals surface area contributed by atoms with Gasteiger partial charge in [-0.05, 0) is 62.6 Å². The minimum Gasteiger partial charge on any atom is -0.483 e. The van der Waals surface area contributed by atoms with Crippen LogP contribution < -0.4 is 20.7 Å². The average Bonchev–Trinajstić information content (AvgIpc) is 3.75. The van der Waals surface area contributed by atoms with Crippen LogP contribution in [0.5, 0.6) is 5.75 Å². The fourth-order valence-corrected chi connectivity index (χ4v) is 7.44. The Labute approximate surface area is 305 Å². The first-order valence-corrected chi connectivity index (χ1v) is 18.1. The lowest BCUT2D eigenvalue weighted by Gasteiger charge is -2.30. The minimum atomic E-state index is -4.04. The van der Waals surface area contributed by atoms with Crippen molar-refractivity contribution in [2.75, 3.05) is 19.7 Å². The molecule has 2 aromatic rings. The number of carbonyl (C=O) groups is 6. The van der Waals surface area contributed by atoms with Crippen molar-refractivity contribution in [3.05, 3.63) is 70.2 Å². The Morgan fingerprint density at radius 2 is 1.66 bits per heavy atom. The average molecular weight is 733 g/mol. The summed E-state index contributed by atoms with van der Waals surface area (Å²) in [4.78, 5) is 75.7. The number of carbonyl (C=O) groups excluding carboxylic acids is 6. The highest BCUT2D eigenvalue weighted by Gasteiger charge is 2.52. The molecule has 13 nitrogen and oxygen atoms in total. The summed E-state index contributed by atoms with van der Waals surface area (Å²) in [5.74, 6) is -3.03. The van der Waals surface area contributed by atoms with Gasteiger partial charge in [0.05, 0.1) is 11.1 Å². The van der Waals surface area contributed by atoms with E-state index < -0.39 is 36.6 Å². The first-order valence-electron chi connectivity index (χ1n) is 18.1. The molecule has 6 rings (SSSR count). The third kappa shape index (κ3) is 7.71. The van der Waals surface area contributed by atoms with Gasteiger partial charge < -0.3 is 33.0 Å². The topological polar surface area (TPSA) is 159 Å². The van der Waals surface area contributed by atoms with E-state index in [-0.39, 0.29) is 61.0 Å². The zero-order valence-electron chi connectivity index (χ0n) is 29.8. The number of piperidine rings is 1. The van der Waals surface area contributed by atoms with Gasteiger partial charge in [-0.2, -0.15) is 0 Å². The van der Waals surface area contributed by atoms with Gasteiger partial charge in [-0.25, -0.2) is 0 Å². The predicted molar refractivity (Wildman–Crippen MR) is 191 cm³/mol. The van der Waals surface area contributed by atoms with E-state index in [1.54, 1.807) is 31.2 Å². The summed E-state index contributed by atoms with van der Waals surface area (Å²) in [6.45, 7) is 0.0493. The van der Waals surface area contributed by atoms with Crippen molar-refractivity contribution >= 4 is 54.2 Å². The van der Waals surface area contributed by atoms with Gasteiger partial charge in [0.15, 0.2) is 12.3 Å². The number of aryl methyl sites for hydroxylation is 2. The van der Waals surface area contributed by atoms with Crippen molar-refractivity contribution in [3.8, 4) is 5.75 Å². The van der Waals surface area contributed by atoms with Gasteiger partial charge in [-0.1, -0.05) is 31.7 Å². The standard InChI is InChI=1S/C37H43BF2N6O7/c1-23-20-24(2)45-29(23)21-26-13-12-25(46(26)38(45,39)40)14-16-31(47)41-18-7-5-3-4-6-8-19-42-33(49)22-53-30-11-9-10-27-34(30)37(52)44(36(27)51)28-15-17-32(48)43-35(28)50/h9-13,20-21,28H,3-8,14-19,22H2,1-2H3,(H,41,47)(H,42,49)(H,43,48,50). The second-order valence-electron chi connectivity index (χ2n) is 13.8. The number of ether oxygens (including phenoxy) is 1. The lowest BCUT2D eigenvalue weighted by molar-refractivity contribution is -0.362. The highest BCUT2D eigenvalue weighted by molar-refractivity contribution is 6.58. The van der Waals surface area contributed by atoms with Crippen molar-refractivity contribution in [2.24, 2.45) is 0 Å². The molecule has 4 aliphatic rings. The summed E-state index contributed by atoms with van der Waals surface area (Å²) in [5, 5.41) is 7.83. The van der Waals surface area contributed by atoms with Crippen molar-refractivity contribution in [1.29, 1.82) is 0 Å². The van der Waals surface area contributed by atoms with E-state index in [2.05, 4.69) is 16.0 Å². The molecule has 0 radical (unpaired) electrons. The molecule has 1 unspecified atom stereocenters. The van der Waals surface area contributed by atoms with Crippen LogP contribution in [0.15, 0.2) is 42.1 Å². The maximum absolute atomic E-state index is 15.6. The van der Waals surface area contributed by atoms with E-state index in [1.807, 2.05) is 6.92 Å². The normalized spacial score (nSPS) is 18.5. The number of rotatable bonds is 16. The van der Waals surface area contributed by atoms with Crippen LogP contribution in [0.2, 0.25) is 0 Å². The number of nitrogens with zero attached hydrogens (tertiary/aromatic N) is 3. The van der Waals surface area contributed by atoms with Gasteiger partial charge in [0.2, 0.25) is 17.7 Å². The number of aromatic nitrogens is 1. The molecule has 16 heteroatoms. The van der Waals surface area contributed by atoms with E-state index >= 15 is 8.63 Å². The number of hydrogen-bond acceptors (Lipinski definition) is 7. The zero-order chi connectivity index (χ0) is 37.9. The van der Waals surface area contributed by atoms with Crippen LogP contribution in [0.4, 0.5) is 8.63 Å². The number of halogens is 2. The van der Waals surface area contributed by atoms with Crippen molar-refractivity contribution < 1.29 is 46.6 Å². The summed E-state index contributed by atoms with van der Waals surface area (Å²) in [5.41, 5.74) is 2.77. The molecular weight excluding hydrogens is 689 g/mol. The molecular formula is C37H43BF2N6O7. The number of amides is 6. The SMILES string of the molecule is Cc1cc(C)n2c1C=C1C=CC(CCC(=O)NCCCCCCCCNC(=O)COc3cccc4c3C(=O)N(C3CCC(=O)NC3=O)C4=O)=[N+]1[B-]2(F)F. The molecule has 1 aromatic heterocycles. The molecule has 6 amide bonds. The zero-order valence-corrected chi connectivity index (χ0v) is 29.8. The van der Waals surface area contributed by atoms with Crippen molar-refractivity contribution in [3.63, 3.8) is 0 Å². The van der Waals surface area contributed by atoms with E-state index in [0.29, 0.717) is 35.9 Å². The fraction of sp³-hybridized carbons (Fsp3) is 0.432. The van der Waals surface area contributed by atoms with Crippen LogP contribution in [0.25, 0.3) is 6.08 Å². The molecule has 0 spiro atoms. The second-order valence-corrected chi connectivity index (χ2v) is 13.8. The maximum Gasteiger partial charge on any atom is 0.737 e. The third-order valence-corrected chi connectivity index (χ3v) is 10.1. The molecule has 53 heavy (non-hydrogen) atoms. The monoisotopic (exact) mass is 732 g/mol. The molecule has 0 bridgehead atoms. The lowest BCUT2D eigenvalue weighted by atomic mass is 9.90. The summed E-state index contributed by atoms with van der Waals surface area (Å²) in [7, 11) is 0. The van der Waals surface area contributed by atoms with Gasteiger partial charge >= 0.3 is 6.97 Å². The smallest absolute Gasteiger partial charge is 0.483 e. The van der Waals surface area contributed by atoms with Gasteiger partial charge in [-0.3, -0.25) is 39.0 Å². The maximum atomic E-state index is 15.6. The Bertz CT molecular complexity index is 1970. The summed E-state index contributed by atoms with van der Waals surface area (Å²) >= 11 is 0. The van der Waals surface area contributed by atoms with Crippen molar-refractivity contribution in [2.45, 2.75) is 84.1 Å². The van der Waals surface area contributed by atoms with Crippen LogP contribution >= 0.6 is 0 Å². The van der Waals surface area contributed by atoms with E-state index in [1.165, 1.54) is 18.2 Å². The van der Waals surface area contributed by atoms with E-state index in [0.717, 1.165) is 58.0 Å². The predicted octanol–water partition coefficient (Wildman–Crippen LogP) is 3.54. The number of imide groups is 2. The van der Waals surface area contributed by atoms with Gasteiger partial charge in [0.25, 0.3) is 17.7 Å². The molecule has 4 aliphatic heterocycles. The highest BCUT2D eigenvalue weighted by Crippen LogP contribution is 2.35. The van der Waals surface area contributed by atoms with Crippen molar-refractivity contribution in [1.82, 2.24) is 25.3 Å². The summed E-state index contributed by atoms with van der Waals surface area (Å²) in [6.07, 6.45) is 10.8. The molecule has 1 aromatic carbocycles. The fourth-order valence-electron chi connectivity index (χ4n) is 7.44. The first kappa shape index (κ1) is 37.4. The van der Waals surface area contributed by atoms with Gasteiger partial charge in [-0.15, -0.1) is 0 Å². The summed E-state index contributed by atoms with van der Waals surface area (Å²) < 4.78 is 38.9. The molecule has 1 fully saturated rings. The van der Waals surface area contributed by atoms with Crippen LogP contribution in [0.1, 0.15) is 102 Å². The van der Waals surface area contributed by atoms with Crippen LogP contribution in [-0.2, 0) is 19.2 Å². The molecule has 0 aliphatic carbocycles. The van der Waals surface area contributed by atoms with Gasteiger partial charge in [0, 0.05) is 56.3 Å². The quantitative estimate of drug-likeness (QED) is 0.135. The van der Waals surface area contributed by atoms with Crippen LogP contribution in [0, 0.1) is 13.8 Å². The van der Waals surface area contributed by atoms with Crippen LogP contribution in [0.3, 0.4) is 0 Å². The number of benzene rings is 1. The van der Waals surface area contributed by atoms with Crippen LogP contribution in [-0.4, -0.2) is 87.7 Å². The van der Waals surface area contributed by atoms with E-state index in [4.69, 9.17) is 4.74 Å². The Hall–Kier alpha value is -5.41. The third-order valence-electron chi connectivity index (χ3n) is 10.1. The largest absolute Gasteiger partial charge is 0.737 e. The Morgan fingerprint density at radius 3 is 2.38 bits per heavy atom. The number of allylic oxidation sites excluding steroid dienone is 2. The van der Waals surface area contributed by atoms with E-state index in [9.17, 15) is 28.8 Å². The Balaban J connectivity index is 0.827. The molecule has 1 saturated heterocycles. The highest BCUT2D eigenvalue weighted by atomic mass is 19.2. The molecule has 5 heterocycles.